The lowest BCUT2D eigenvalue weighted by Crippen LogP contribution is -1.85. The molecule has 90 valence electrons. The van der Waals surface area contributed by atoms with Gasteiger partial charge < -0.3 is 5.11 Å². The first-order chi connectivity index (χ1) is 8.66. The van der Waals surface area contributed by atoms with E-state index in [1.165, 1.54) is 30.3 Å². The molecule has 2 rings (SSSR count). The van der Waals surface area contributed by atoms with Crippen LogP contribution in [0.3, 0.4) is 0 Å². The van der Waals surface area contributed by atoms with Crippen molar-refractivity contribution < 1.29 is 10.0 Å². The molecule has 0 spiro atoms. The van der Waals surface area contributed by atoms with Crippen molar-refractivity contribution in [3.8, 4) is 5.75 Å². The predicted octanol–water partition coefficient (Wildman–Crippen LogP) is 3.72. The summed E-state index contributed by atoms with van der Waals surface area (Å²) >= 11 is 0. The standard InChI is InChI=1S/C12H9N3O3/c16-12-4-2-1-3-11(12)14-13-9-5-7-10(8-6-9)15(17)18/h1-8,16H/b14-13+. The number of rotatable bonds is 3. The van der Waals surface area contributed by atoms with E-state index in [4.69, 9.17) is 0 Å². The van der Waals surface area contributed by atoms with E-state index < -0.39 is 4.92 Å². The van der Waals surface area contributed by atoms with E-state index >= 15 is 0 Å². The molecule has 0 fully saturated rings. The smallest absolute Gasteiger partial charge is 0.269 e. The fraction of sp³-hybridized carbons (Fsp3) is 0. The summed E-state index contributed by atoms with van der Waals surface area (Å²) in [5.74, 6) is 0.0307. The van der Waals surface area contributed by atoms with Gasteiger partial charge in [-0.05, 0) is 24.3 Å². The second-order valence-electron chi connectivity index (χ2n) is 3.46. The zero-order valence-corrected chi connectivity index (χ0v) is 9.22. The number of azo groups is 1. The van der Waals surface area contributed by atoms with Crippen molar-refractivity contribution in [2.75, 3.05) is 0 Å². The number of aromatic hydroxyl groups is 1. The molecule has 6 heteroatoms. The van der Waals surface area contributed by atoms with Crippen LogP contribution in [0, 0.1) is 10.1 Å². The monoisotopic (exact) mass is 243 g/mol. The number of hydrogen-bond donors (Lipinski definition) is 1. The van der Waals surface area contributed by atoms with Crippen molar-refractivity contribution >= 4 is 17.1 Å². The molecule has 1 N–H and O–H groups in total. The minimum atomic E-state index is -0.482. The van der Waals surface area contributed by atoms with Crippen LogP contribution in [0.25, 0.3) is 0 Å². The van der Waals surface area contributed by atoms with Crippen molar-refractivity contribution in [3.63, 3.8) is 0 Å². The molecule has 0 radical (unpaired) electrons. The number of nitro groups is 1. The molecule has 0 saturated carbocycles. The minimum absolute atomic E-state index is 0.00323. The van der Waals surface area contributed by atoms with E-state index in [1.807, 2.05) is 0 Å². The van der Waals surface area contributed by atoms with E-state index in [-0.39, 0.29) is 11.4 Å². The SMILES string of the molecule is O=[N+]([O-])c1ccc(/N=N/c2ccccc2O)cc1. The molecular weight excluding hydrogens is 234 g/mol. The van der Waals surface area contributed by atoms with Gasteiger partial charge in [0.2, 0.25) is 0 Å². The van der Waals surface area contributed by atoms with Crippen LogP contribution in [-0.2, 0) is 0 Å². The normalized spacial score (nSPS) is 10.7. The number of nitrogens with zero attached hydrogens (tertiary/aromatic N) is 3. The van der Waals surface area contributed by atoms with Gasteiger partial charge in [0.05, 0.1) is 10.6 Å². The van der Waals surface area contributed by atoms with Gasteiger partial charge in [-0.3, -0.25) is 10.1 Å². The molecule has 0 saturated heterocycles. The first kappa shape index (κ1) is 11.7. The molecule has 2 aromatic rings. The van der Waals surface area contributed by atoms with Gasteiger partial charge in [0.1, 0.15) is 11.4 Å². The molecule has 6 nitrogen and oxygen atoms in total. The van der Waals surface area contributed by atoms with Crippen molar-refractivity contribution in [3.05, 3.63) is 58.6 Å². The van der Waals surface area contributed by atoms with Gasteiger partial charge in [-0.25, -0.2) is 0 Å². The first-order valence-electron chi connectivity index (χ1n) is 5.11. The Hall–Kier alpha value is -2.76. The van der Waals surface area contributed by atoms with Crippen LogP contribution in [0.15, 0.2) is 58.8 Å². The van der Waals surface area contributed by atoms with Crippen LogP contribution in [-0.4, -0.2) is 10.0 Å². The van der Waals surface area contributed by atoms with Crippen LogP contribution in [0.4, 0.5) is 17.1 Å². The fourth-order valence-electron chi connectivity index (χ4n) is 1.30. The Morgan fingerprint density at radius 1 is 1.00 bits per heavy atom. The van der Waals surface area contributed by atoms with Crippen molar-refractivity contribution in [1.82, 2.24) is 0 Å². The maximum Gasteiger partial charge on any atom is 0.269 e. The van der Waals surface area contributed by atoms with Crippen LogP contribution in [0.5, 0.6) is 5.75 Å². The molecule has 18 heavy (non-hydrogen) atoms. The van der Waals surface area contributed by atoms with Crippen LogP contribution in [0.1, 0.15) is 0 Å². The molecule has 0 aliphatic heterocycles. The average molecular weight is 243 g/mol. The minimum Gasteiger partial charge on any atom is -0.506 e. The summed E-state index contributed by atoms with van der Waals surface area (Å²) in [6.07, 6.45) is 0. The highest BCUT2D eigenvalue weighted by Gasteiger charge is 2.03. The maximum absolute atomic E-state index is 10.5. The molecule has 0 heterocycles. The predicted molar refractivity (Wildman–Crippen MR) is 65.4 cm³/mol. The van der Waals surface area contributed by atoms with E-state index in [9.17, 15) is 15.2 Å². The van der Waals surface area contributed by atoms with Gasteiger partial charge in [-0.15, -0.1) is 5.11 Å². The average Bonchev–Trinajstić information content (AvgIpc) is 2.38. The van der Waals surface area contributed by atoms with Crippen molar-refractivity contribution in [2.45, 2.75) is 0 Å². The largest absolute Gasteiger partial charge is 0.506 e. The number of nitro benzene ring substituents is 1. The highest BCUT2D eigenvalue weighted by atomic mass is 16.6. The quantitative estimate of drug-likeness (QED) is 0.506. The van der Waals surface area contributed by atoms with Crippen LogP contribution < -0.4 is 0 Å². The van der Waals surface area contributed by atoms with Gasteiger partial charge in [0.25, 0.3) is 5.69 Å². The summed E-state index contributed by atoms with van der Waals surface area (Å²) in [5.41, 5.74) is 0.816. The zero-order valence-electron chi connectivity index (χ0n) is 9.22. The fourth-order valence-corrected chi connectivity index (χ4v) is 1.30. The van der Waals surface area contributed by atoms with Gasteiger partial charge in [0.15, 0.2) is 0 Å². The molecule has 0 bridgehead atoms. The topological polar surface area (TPSA) is 88.1 Å². The van der Waals surface area contributed by atoms with E-state index in [2.05, 4.69) is 10.2 Å². The summed E-state index contributed by atoms with van der Waals surface area (Å²) in [6.45, 7) is 0. The van der Waals surface area contributed by atoms with Crippen molar-refractivity contribution in [2.24, 2.45) is 10.2 Å². The summed E-state index contributed by atoms with van der Waals surface area (Å²) in [5, 5.41) is 27.7. The summed E-state index contributed by atoms with van der Waals surface area (Å²) in [6, 6.07) is 12.2. The maximum atomic E-state index is 10.5. The molecule has 2 aromatic carbocycles. The summed E-state index contributed by atoms with van der Waals surface area (Å²) in [4.78, 5) is 9.97. The highest BCUT2D eigenvalue weighted by Crippen LogP contribution is 2.27. The molecule has 0 aliphatic rings. The van der Waals surface area contributed by atoms with E-state index in [0.29, 0.717) is 11.4 Å². The highest BCUT2D eigenvalue weighted by molar-refractivity contribution is 5.50. The van der Waals surface area contributed by atoms with Crippen LogP contribution >= 0.6 is 0 Å². The summed E-state index contributed by atoms with van der Waals surface area (Å²) in [7, 11) is 0. The van der Waals surface area contributed by atoms with Crippen LogP contribution in [0.2, 0.25) is 0 Å². The Labute approximate surface area is 102 Å². The Morgan fingerprint density at radius 2 is 1.67 bits per heavy atom. The van der Waals surface area contributed by atoms with Gasteiger partial charge in [0, 0.05) is 12.1 Å². The Balaban J connectivity index is 2.19. The number of benzene rings is 2. The van der Waals surface area contributed by atoms with E-state index in [1.54, 1.807) is 18.2 Å². The molecule has 0 aliphatic carbocycles. The molecule has 0 unspecified atom stereocenters. The zero-order chi connectivity index (χ0) is 13.0. The van der Waals surface area contributed by atoms with E-state index in [0.717, 1.165) is 0 Å². The Morgan fingerprint density at radius 3 is 2.28 bits per heavy atom. The third-order valence-electron chi connectivity index (χ3n) is 2.22. The lowest BCUT2D eigenvalue weighted by Gasteiger charge is -1.96. The van der Waals surface area contributed by atoms with Gasteiger partial charge in [-0.2, -0.15) is 5.11 Å². The molecule has 0 aromatic heterocycles. The molecular formula is C12H9N3O3. The molecule has 0 amide bonds. The number of para-hydroxylation sites is 1. The van der Waals surface area contributed by atoms with Gasteiger partial charge >= 0.3 is 0 Å². The third kappa shape index (κ3) is 2.67. The lowest BCUT2D eigenvalue weighted by molar-refractivity contribution is -0.384. The Bertz CT molecular complexity index is 594. The number of non-ortho nitro benzene ring substituents is 1. The number of phenolic OH excluding ortho intramolecular Hbond substituents is 1. The summed E-state index contributed by atoms with van der Waals surface area (Å²) < 4.78 is 0. The molecule has 0 atom stereocenters. The second kappa shape index (κ2) is 5.05. The number of phenols is 1. The first-order valence-corrected chi connectivity index (χ1v) is 5.11. The third-order valence-corrected chi connectivity index (χ3v) is 2.22. The lowest BCUT2D eigenvalue weighted by atomic mass is 10.3. The van der Waals surface area contributed by atoms with Gasteiger partial charge in [-0.1, -0.05) is 12.1 Å². The van der Waals surface area contributed by atoms with Crippen molar-refractivity contribution in [1.29, 1.82) is 0 Å². The Kier molecular flexibility index (Phi) is 3.29. The second-order valence-corrected chi connectivity index (χ2v) is 3.46. The number of hydrogen-bond acceptors (Lipinski definition) is 5.